The molecule has 0 aliphatic rings. The van der Waals surface area contributed by atoms with E-state index in [1.165, 1.54) is 18.7 Å². The van der Waals surface area contributed by atoms with E-state index in [1.54, 1.807) is 6.07 Å². The molecule has 0 fully saturated rings. The second-order valence-corrected chi connectivity index (χ2v) is 5.22. The lowest BCUT2D eigenvalue weighted by Gasteiger charge is -1.97. The van der Waals surface area contributed by atoms with Crippen LogP contribution in [0.5, 0.6) is 0 Å². The summed E-state index contributed by atoms with van der Waals surface area (Å²) in [7, 11) is 0. The minimum Gasteiger partial charge on any atom is -0.446 e. The highest BCUT2D eigenvalue weighted by Gasteiger charge is 2.07. The van der Waals surface area contributed by atoms with Gasteiger partial charge in [0.05, 0.1) is 0 Å². The molecule has 0 atom stereocenters. The molecule has 4 heteroatoms. The molecule has 2 aromatic rings. The molecule has 1 aromatic heterocycles. The second kappa shape index (κ2) is 4.89. The van der Waals surface area contributed by atoms with Crippen LogP contribution in [0.25, 0.3) is 0 Å². The molecule has 0 bridgehead atoms. The molecule has 0 amide bonds. The molecule has 16 heavy (non-hydrogen) atoms. The van der Waals surface area contributed by atoms with Gasteiger partial charge in [-0.25, -0.2) is 0 Å². The van der Waals surface area contributed by atoms with Crippen molar-refractivity contribution in [1.82, 2.24) is 0 Å². The molecule has 0 saturated heterocycles. The van der Waals surface area contributed by atoms with Gasteiger partial charge in [0.2, 0.25) is 0 Å². The lowest BCUT2D eigenvalue weighted by Crippen LogP contribution is -1.85. The normalized spacial score (nSPS) is 10.4. The summed E-state index contributed by atoms with van der Waals surface area (Å²) in [4.78, 5) is 12.1. The summed E-state index contributed by atoms with van der Waals surface area (Å²) in [5, 5.41) is 0.729. The third-order valence-electron chi connectivity index (χ3n) is 1.96. The number of hydrogen-bond donors (Lipinski definition) is 0. The lowest BCUT2D eigenvalue weighted by molar-refractivity contribution is 0.0982. The monoisotopic (exact) mass is 296 g/mol. The van der Waals surface area contributed by atoms with Gasteiger partial charge in [0.1, 0.15) is 0 Å². The van der Waals surface area contributed by atoms with Crippen molar-refractivity contribution in [1.29, 1.82) is 0 Å². The molecular weight excluding hydrogens is 288 g/mol. The Kier molecular flexibility index (Phi) is 3.51. The van der Waals surface area contributed by atoms with Crippen LogP contribution in [0, 0.1) is 0 Å². The largest absolute Gasteiger partial charge is 0.446 e. The first kappa shape index (κ1) is 11.5. The highest BCUT2D eigenvalue weighted by atomic mass is 79.9. The summed E-state index contributed by atoms with van der Waals surface area (Å²) in [6.07, 6.45) is 0. The van der Waals surface area contributed by atoms with E-state index in [0.717, 1.165) is 14.5 Å². The molecule has 82 valence electrons. The Labute approximate surface area is 106 Å². The van der Waals surface area contributed by atoms with E-state index < -0.39 is 0 Å². The highest BCUT2D eigenvalue weighted by molar-refractivity contribution is 9.10. The quantitative estimate of drug-likeness (QED) is 0.787. The number of halogens is 1. The predicted molar refractivity (Wildman–Crippen MR) is 67.0 cm³/mol. The molecule has 0 saturated carbocycles. The molecule has 0 aliphatic heterocycles. The van der Waals surface area contributed by atoms with Crippen molar-refractivity contribution < 1.29 is 9.21 Å². The standard InChI is InChI=1S/C12H9BrO2S/c1-8(14)11-6-7-12(15-11)16-10-4-2-9(13)3-5-10/h2-7H,1H3. The zero-order valence-electron chi connectivity index (χ0n) is 8.57. The van der Waals surface area contributed by atoms with Crippen LogP contribution in [0.1, 0.15) is 17.5 Å². The first-order valence-corrected chi connectivity index (χ1v) is 6.30. The summed E-state index contributed by atoms with van der Waals surface area (Å²) in [5.41, 5.74) is 0. The van der Waals surface area contributed by atoms with Crippen molar-refractivity contribution in [3.05, 3.63) is 46.6 Å². The van der Waals surface area contributed by atoms with Crippen LogP contribution in [0.3, 0.4) is 0 Å². The molecule has 0 N–H and O–H groups in total. The summed E-state index contributed by atoms with van der Waals surface area (Å²) < 4.78 is 6.42. The molecule has 1 aromatic carbocycles. The van der Waals surface area contributed by atoms with E-state index in [4.69, 9.17) is 4.42 Å². The Bertz CT molecular complexity index is 502. The molecule has 0 aliphatic carbocycles. The van der Waals surface area contributed by atoms with Gasteiger partial charge in [-0.15, -0.1) is 0 Å². The molecule has 0 radical (unpaired) electrons. The van der Waals surface area contributed by atoms with E-state index in [1.807, 2.05) is 30.3 Å². The van der Waals surface area contributed by atoms with Crippen LogP contribution in [0.15, 0.2) is 55.3 Å². The van der Waals surface area contributed by atoms with Crippen LogP contribution in [-0.2, 0) is 0 Å². The topological polar surface area (TPSA) is 30.2 Å². The lowest BCUT2D eigenvalue weighted by atomic mass is 10.3. The van der Waals surface area contributed by atoms with Crippen molar-refractivity contribution in [2.24, 2.45) is 0 Å². The molecular formula is C12H9BrO2S. The van der Waals surface area contributed by atoms with Crippen LogP contribution in [-0.4, -0.2) is 5.78 Å². The van der Waals surface area contributed by atoms with E-state index in [0.29, 0.717) is 5.76 Å². The Morgan fingerprint density at radius 3 is 2.44 bits per heavy atom. The number of carbonyl (C=O) groups excluding carboxylic acids is 1. The zero-order valence-corrected chi connectivity index (χ0v) is 11.0. The van der Waals surface area contributed by atoms with Gasteiger partial charge in [-0.3, -0.25) is 4.79 Å². The van der Waals surface area contributed by atoms with Crippen molar-refractivity contribution in [2.75, 3.05) is 0 Å². The van der Waals surface area contributed by atoms with Crippen LogP contribution < -0.4 is 0 Å². The first-order valence-electron chi connectivity index (χ1n) is 4.69. The fourth-order valence-electron chi connectivity index (χ4n) is 1.18. The Hall–Kier alpha value is -1.00. The van der Waals surface area contributed by atoms with Gasteiger partial charge in [0.25, 0.3) is 0 Å². The van der Waals surface area contributed by atoms with Gasteiger partial charge in [0, 0.05) is 16.3 Å². The summed E-state index contributed by atoms with van der Waals surface area (Å²) in [6, 6.07) is 11.4. The van der Waals surface area contributed by atoms with Crippen molar-refractivity contribution in [2.45, 2.75) is 16.9 Å². The van der Waals surface area contributed by atoms with Crippen molar-refractivity contribution in [3.8, 4) is 0 Å². The van der Waals surface area contributed by atoms with Gasteiger partial charge in [-0.2, -0.15) is 0 Å². The Balaban J connectivity index is 2.14. The van der Waals surface area contributed by atoms with E-state index in [9.17, 15) is 4.79 Å². The predicted octanol–water partition coefficient (Wildman–Crippen LogP) is 4.40. The number of ketones is 1. The fourth-order valence-corrected chi connectivity index (χ4v) is 2.22. The molecule has 1 heterocycles. The summed E-state index contributed by atoms with van der Waals surface area (Å²) in [6.45, 7) is 1.49. The number of hydrogen-bond acceptors (Lipinski definition) is 3. The summed E-state index contributed by atoms with van der Waals surface area (Å²) in [5.74, 6) is 0.349. The highest BCUT2D eigenvalue weighted by Crippen LogP contribution is 2.30. The number of Topliss-reactive ketones (excluding diaryl/α,β-unsaturated/α-hetero) is 1. The number of benzene rings is 1. The number of carbonyl (C=O) groups is 1. The summed E-state index contributed by atoms with van der Waals surface area (Å²) >= 11 is 4.87. The smallest absolute Gasteiger partial charge is 0.194 e. The van der Waals surface area contributed by atoms with Gasteiger partial charge in [-0.05, 0) is 36.4 Å². The second-order valence-electron chi connectivity index (χ2n) is 3.23. The van der Waals surface area contributed by atoms with E-state index in [2.05, 4.69) is 15.9 Å². The average Bonchev–Trinajstić information content (AvgIpc) is 2.70. The molecule has 2 rings (SSSR count). The molecule has 2 nitrogen and oxygen atoms in total. The SMILES string of the molecule is CC(=O)c1ccc(Sc2ccc(Br)cc2)o1. The average molecular weight is 297 g/mol. The molecule has 0 unspecified atom stereocenters. The van der Waals surface area contributed by atoms with E-state index in [-0.39, 0.29) is 5.78 Å². The van der Waals surface area contributed by atoms with Gasteiger partial charge in [0.15, 0.2) is 16.6 Å². The zero-order chi connectivity index (χ0) is 11.5. The molecule has 0 spiro atoms. The van der Waals surface area contributed by atoms with E-state index >= 15 is 0 Å². The third-order valence-corrected chi connectivity index (χ3v) is 3.42. The number of rotatable bonds is 3. The Morgan fingerprint density at radius 2 is 1.88 bits per heavy atom. The van der Waals surface area contributed by atoms with Gasteiger partial charge < -0.3 is 4.42 Å². The third kappa shape index (κ3) is 2.77. The van der Waals surface area contributed by atoms with Crippen LogP contribution in [0.2, 0.25) is 0 Å². The fraction of sp³-hybridized carbons (Fsp3) is 0.0833. The van der Waals surface area contributed by atoms with Crippen molar-refractivity contribution in [3.63, 3.8) is 0 Å². The minimum absolute atomic E-state index is 0.0531. The maximum absolute atomic E-state index is 11.0. The minimum atomic E-state index is -0.0531. The van der Waals surface area contributed by atoms with Crippen molar-refractivity contribution >= 4 is 33.5 Å². The number of furan rings is 1. The van der Waals surface area contributed by atoms with Crippen LogP contribution >= 0.6 is 27.7 Å². The maximum Gasteiger partial charge on any atom is 0.194 e. The first-order chi connectivity index (χ1) is 7.65. The maximum atomic E-state index is 11.0. The Morgan fingerprint density at radius 1 is 1.19 bits per heavy atom. The van der Waals surface area contributed by atoms with Crippen LogP contribution in [0.4, 0.5) is 0 Å². The van der Waals surface area contributed by atoms with Gasteiger partial charge in [-0.1, -0.05) is 27.7 Å². The van der Waals surface area contributed by atoms with Gasteiger partial charge >= 0.3 is 0 Å².